The van der Waals surface area contributed by atoms with Gasteiger partial charge in [-0.1, -0.05) is 12.5 Å². The number of hydrogen-bond donors (Lipinski definition) is 1. The Hall–Kier alpha value is -1.75. The van der Waals surface area contributed by atoms with Crippen LogP contribution in [0, 0.1) is 5.92 Å². The highest BCUT2D eigenvalue weighted by atomic mass is 16.5. The molecule has 2 aliphatic rings. The largest absolute Gasteiger partial charge is 0.497 e. The van der Waals surface area contributed by atoms with Gasteiger partial charge in [0.05, 0.1) is 13.0 Å². The number of piperazine rings is 1. The van der Waals surface area contributed by atoms with E-state index >= 15 is 0 Å². The van der Waals surface area contributed by atoms with Gasteiger partial charge in [-0.25, -0.2) is 0 Å². The second-order valence-electron chi connectivity index (χ2n) is 6.22. The minimum Gasteiger partial charge on any atom is -0.497 e. The number of nitrogens with zero attached hydrogens (tertiary/aromatic N) is 2. The quantitative estimate of drug-likeness (QED) is 0.919. The van der Waals surface area contributed by atoms with Gasteiger partial charge in [0, 0.05) is 44.0 Å². The average molecular weight is 303 g/mol. The Balaban J connectivity index is 1.59. The number of nitrogens with two attached hydrogens (primary N) is 1. The molecule has 1 amide bonds. The lowest BCUT2D eigenvalue weighted by molar-refractivity contribution is -0.136. The van der Waals surface area contributed by atoms with Gasteiger partial charge in [-0.15, -0.1) is 0 Å². The molecule has 0 unspecified atom stereocenters. The van der Waals surface area contributed by atoms with Crippen molar-refractivity contribution in [2.75, 3.05) is 38.2 Å². The summed E-state index contributed by atoms with van der Waals surface area (Å²) in [6.45, 7) is 3.28. The van der Waals surface area contributed by atoms with Crippen molar-refractivity contribution >= 4 is 11.6 Å². The molecule has 0 bridgehead atoms. The molecule has 1 aromatic rings. The van der Waals surface area contributed by atoms with E-state index in [1.54, 1.807) is 7.11 Å². The summed E-state index contributed by atoms with van der Waals surface area (Å²) < 4.78 is 5.28. The van der Waals surface area contributed by atoms with Gasteiger partial charge in [0.25, 0.3) is 0 Å². The number of ether oxygens (including phenoxy) is 1. The number of amides is 1. The van der Waals surface area contributed by atoms with Gasteiger partial charge in [-0.05, 0) is 25.0 Å². The lowest BCUT2D eigenvalue weighted by Gasteiger charge is -2.37. The van der Waals surface area contributed by atoms with E-state index in [0.717, 1.165) is 56.9 Å². The molecule has 1 aliphatic carbocycles. The van der Waals surface area contributed by atoms with E-state index in [1.165, 1.54) is 0 Å². The zero-order valence-corrected chi connectivity index (χ0v) is 13.2. The maximum atomic E-state index is 12.6. The van der Waals surface area contributed by atoms with Crippen molar-refractivity contribution < 1.29 is 9.53 Å². The molecule has 2 fully saturated rings. The standard InChI is InChI=1S/C17H25N3O2/c1-22-14-5-2-4-13(12-14)19-8-10-20(11-9-19)17(21)15-6-3-7-16(15)18/h2,4-5,12,15-16H,3,6-11,18H2,1H3/t15-,16-/m0/s1. The number of rotatable bonds is 3. The molecule has 5 nitrogen and oxygen atoms in total. The molecule has 1 heterocycles. The minimum absolute atomic E-state index is 0.0448. The Morgan fingerprint density at radius 3 is 2.64 bits per heavy atom. The first-order valence-corrected chi connectivity index (χ1v) is 8.12. The fourth-order valence-electron chi connectivity index (χ4n) is 3.52. The summed E-state index contributed by atoms with van der Waals surface area (Å²) in [7, 11) is 1.68. The van der Waals surface area contributed by atoms with E-state index in [-0.39, 0.29) is 17.9 Å². The maximum absolute atomic E-state index is 12.6. The lowest BCUT2D eigenvalue weighted by Crippen LogP contribution is -2.52. The van der Waals surface area contributed by atoms with Crippen LogP contribution in [0.3, 0.4) is 0 Å². The summed E-state index contributed by atoms with van der Waals surface area (Å²) in [5.41, 5.74) is 7.22. The molecular formula is C17H25N3O2. The van der Waals surface area contributed by atoms with Crippen molar-refractivity contribution in [3.63, 3.8) is 0 Å². The van der Waals surface area contributed by atoms with Gasteiger partial charge in [-0.2, -0.15) is 0 Å². The number of benzene rings is 1. The first kappa shape index (κ1) is 15.2. The van der Waals surface area contributed by atoms with Crippen LogP contribution in [0.4, 0.5) is 5.69 Å². The van der Waals surface area contributed by atoms with Crippen LogP contribution in [0.25, 0.3) is 0 Å². The molecule has 3 rings (SSSR count). The van der Waals surface area contributed by atoms with Crippen LogP contribution >= 0.6 is 0 Å². The van der Waals surface area contributed by atoms with Crippen LogP contribution < -0.4 is 15.4 Å². The van der Waals surface area contributed by atoms with Crippen molar-refractivity contribution in [3.8, 4) is 5.75 Å². The SMILES string of the molecule is COc1cccc(N2CCN(C(=O)[C@H]3CCC[C@@H]3N)CC2)c1. The minimum atomic E-state index is 0.0448. The van der Waals surface area contributed by atoms with Crippen LogP contribution in [0.15, 0.2) is 24.3 Å². The predicted molar refractivity (Wildman–Crippen MR) is 87.1 cm³/mol. The third kappa shape index (κ3) is 3.04. The highest BCUT2D eigenvalue weighted by Gasteiger charge is 2.34. The van der Waals surface area contributed by atoms with Gasteiger partial charge in [0.1, 0.15) is 5.75 Å². The van der Waals surface area contributed by atoms with E-state index in [4.69, 9.17) is 10.5 Å². The normalized spacial score (nSPS) is 25.4. The Labute approximate surface area is 132 Å². The Morgan fingerprint density at radius 2 is 2.00 bits per heavy atom. The summed E-state index contributed by atoms with van der Waals surface area (Å²) in [5.74, 6) is 1.17. The lowest BCUT2D eigenvalue weighted by atomic mass is 10.0. The summed E-state index contributed by atoms with van der Waals surface area (Å²) >= 11 is 0. The Morgan fingerprint density at radius 1 is 1.23 bits per heavy atom. The molecule has 2 atom stereocenters. The molecule has 2 N–H and O–H groups in total. The number of carbonyl (C=O) groups excluding carboxylic acids is 1. The molecule has 5 heteroatoms. The van der Waals surface area contributed by atoms with Crippen LogP contribution in [0.1, 0.15) is 19.3 Å². The third-order valence-electron chi connectivity index (χ3n) is 4.90. The number of anilines is 1. The van der Waals surface area contributed by atoms with Gasteiger partial charge >= 0.3 is 0 Å². The average Bonchev–Trinajstić information content (AvgIpc) is 3.00. The second-order valence-corrected chi connectivity index (χ2v) is 6.22. The molecule has 0 aromatic heterocycles. The second kappa shape index (κ2) is 6.57. The number of hydrogen-bond acceptors (Lipinski definition) is 4. The fourth-order valence-corrected chi connectivity index (χ4v) is 3.52. The number of methoxy groups -OCH3 is 1. The zero-order valence-electron chi connectivity index (χ0n) is 13.2. The highest BCUT2D eigenvalue weighted by molar-refractivity contribution is 5.80. The molecule has 120 valence electrons. The molecule has 0 radical (unpaired) electrons. The van der Waals surface area contributed by atoms with Crippen molar-refractivity contribution in [3.05, 3.63) is 24.3 Å². The molecule has 1 saturated carbocycles. The smallest absolute Gasteiger partial charge is 0.227 e. The topological polar surface area (TPSA) is 58.8 Å². The van der Waals surface area contributed by atoms with Crippen molar-refractivity contribution in [2.45, 2.75) is 25.3 Å². The summed E-state index contributed by atoms with van der Waals surface area (Å²) in [6, 6.07) is 8.15. The van der Waals surface area contributed by atoms with Gasteiger partial charge in [-0.3, -0.25) is 4.79 Å². The van der Waals surface area contributed by atoms with Crippen LogP contribution in [-0.4, -0.2) is 50.1 Å². The van der Waals surface area contributed by atoms with Crippen molar-refractivity contribution in [2.24, 2.45) is 11.7 Å². The summed E-state index contributed by atoms with van der Waals surface area (Å²) in [6.07, 6.45) is 3.03. The van der Waals surface area contributed by atoms with Gasteiger partial charge in [0.2, 0.25) is 5.91 Å². The van der Waals surface area contributed by atoms with E-state index in [9.17, 15) is 4.79 Å². The van der Waals surface area contributed by atoms with Crippen molar-refractivity contribution in [1.82, 2.24) is 4.90 Å². The molecular weight excluding hydrogens is 278 g/mol. The fraction of sp³-hybridized carbons (Fsp3) is 0.588. The van der Waals surface area contributed by atoms with Crippen LogP contribution in [0.5, 0.6) is 5.75 Å². The molecule has 1 saturated heterocycles. The van der Waals surface area contributed by atoms with E-state index < -0.39 is 0 Å². The first-order chi connectivity index (χ1) is 10.7. The molecule has 0 spiro atoms. The summed E-state index contributed by atoms with van der Waals surface area (Å²) in [5, 5.41) is 0. The Kier molecular flexibility index (Phi) is 4.52. The molecule has 22 heavy (non-hydrogen) atoms. The Bertz CT molecular complexity index is 526. The molecule has 1 aromatic carbocycles. The predicted octanol–water partition coefficient (Wildman–Crippen LogP) is 1.47. The van der Waals surface area contributed by atoms with Crippen molar-refractivity contribution in [1.29, 1.82) is 0 Å². The monoisotopic (exact) mass is 303 g/mol. The van der Waals surface area contributed by atoms with Gasteiger partial charge < -0.3 is 20.3 Å². The van der Waals surface area contributed by atoms with Gasteiger partial charge in [0.15, 0.2) is 0 Å². The van der Waals surface area contributed by atoms with Crippen LogP contribution in [0.2, 0.25) is 0 Å². The van der Waals surface area contributed by atoms with E-state index in [2.05, 4.69) is 11.0 Å². The maximum Gasteiger partial charge on any atom is 0.227 e. The summed E-state index contributed by atoms with van der Waals surface area (Å²) in [4.78, 5) is 16.9. The zero-order chi connectivity index (χ0) is 15.5. The highest BCUT2D eigenvalue weighted by Crippen LogP contribution is 2.27. The number of carbonyl (C=O) groups is 1. The third-order valence-corrected chi connectivity index (χ3v) is 4.90. The van der Waals surface area contributed by atoms with Crippen LogP contribution in [-0.2, 0) is 4.79 Å². The molecule has 1 aliphatic heterocycles. The first-order valence-electron chi connectivity index (χ1n) is 8.12. The van der Waals surface area contributed by atoms with E-state index in [1.807, 2.05) is 23.1 Å². The van der Waals surface area contributed by atoms with E-state index in [0.29, 0.717) is 0 Å².